The first-order valence-electron chi connectivity index (χ1n) is 11.6. The van der Waals surface area contributed by atoms with E-state index >= 15 is 0 Å². The van der Waals surface area contributed by atoms with E-state index in [4.69, 9.17) is 9.47 Å². The topological polar surface area (TPSA) is 71.4 Å². The smallest absolute Gasteiger partial charge is 0.262 e. The SMILES string of the molecule is COCCN(CC(=O)N1N=C(c2ccc(F)cc2)C[C@@H]1c1ccccc1)C(=O)c1ccc(OC)cc1. The molecule has 0 fully saturated rings. The lowest BCUT2D eigenvalue weighted by Gasteiger charge is -2.27. The molecule has 1 heterocycles. The van der Waals surface area contributed by atoms with E-state index in [9.17, 15) is 14.0 Å². The minimum atomic E-state index is -0.337. The Morgan fingerprint density at radius 1 is 1.00 bits per heavy atom. The fourth-order valence-electron chi connectivity index (χ4n) is 4.10. The largest absolute Gasteiger partial charge is 0.497 e. The lowest BCUT2D eigenvalue weighted by Crippen LogP contribution is -2.42. The van der Waals surface area contributed by atoms with Gasteiger partial charge < -0.3 is 14.4 Å². The van der Waals surface area contributed by atoms with Crippen LogP contribution in [0.2, 0.25) is 0 Å². The van der Waals surface area contributed by atoms with Gasteiger partial charge in [-0.25, -0.2) is 9.40 Å². The van der Waals surface area contributed by atoms with E-state index in [2.05, 4.69) is 5.10 Å². The Morgan fingerprint density at radius 2 is 1.69 bits per heavy atom. The van der Waals surface area contributed by atoms with Gasteiger partial charge in [-0.1, -0.05) is 42.5 Å². The first kappa shape index (κ1) is 25.1. The van der Waals surface area contributed by atoms with Crippen molar-refractivity contribution < 1.29 is 23.5 Å². The highest BCUT2D eigenvalue weighted by Crippen LogP contribution is 2.33. The second-order valence-corrected chi connectivity index (χ2v) is 8.37. The van der Waals surface area contributed by atoms with Crippen LogP contribution < -0.4 is 4.74 Å². The zero-order valence-electron chi connectivity index (χ0n) is 20.3. The minimum Gasteiger partial charge on any atom is -0.497 e. The molecular weight excluding hydrogens is 461 g/mol. The third kappa shape index (κ3) is 5.78. The molecule has 36 heavy (non-hydrogen) atoms. The normalized spacial score (nSPS) is 14.9. The maximum absolute atomic E-state index is 13.6. The van der Waals surface area contributed by atoms with Crippen molar-refractivity contribution in [2.24, 2.45) is 5.10 Å². The van der Waals surface area contributed by atoms with Crippen LogP contribution in [0.25, 0.3) is 0 Å². The number of carbonyl (C=O) groups excluding carboxylic acids is 2. The summed E-state index contributed by atoms with van der Waals surface area (Å²) in [6.45, 7) is 0.352. The number of halogens is 1. The van der Waals surface area contributed by atoms with Crippen LogP contribution in [0.3, 0.4) is 0 Å². The number of benzene rings is 3. The number of ether oxygens (including phenoxy) is 2. The predicted molar refractivity (Wildman–Crippen MR) is 134 cm³/mol. The second-order valence-electron chi connectivity index (χ2n) is 8.37. The molecule has 7 nitrogen and oxygen atoms in total. The number of hydrogen-bond acceptors (Lipinski definition) is 5. The summed E-state index contributed by atoms with van der Waals surface area (Å²) in [5.74, 6) is -0.313. The molecule has 4 rings (SSSR count). The van der Waals surface area contributed by atoms with Crippen molar-refractivity contribution >= 4 is 17.5 Å². The van der Waals surface area contributed by atoms with Gasteiger partial charge in [-0.2, -0.15) is 5.10 Å². The molecule has 186 valence electrons. The molecular formula is C28H28FN3O4. The van der Waals surface area contributed by atoms with Crippen molar-refractivity contribution in [3.8, 4) is 5.75 Å². The van der Waals surface area contributed by atoms with Gasteiger partial charge in [0.15, 0.2) is 0 Å². The molecule has 0 N–H and O–H groups in total. The van der Waals surface area contributed by atoms with Gasteiger partial charge in [-0.15, -0.1) is 0 Å². The fraction of sp³-hybridized carbons (Fsp3) is 0.250. The summed E-state index contributed by atoms with van der Waals surface area (Å²) in [6.07, 6.45) is 0.478. The third-order valence-electron chi connectivity index (χ3n) is 6.04. The Hall–Kier alpha value is -4.04. The van der Waals surface area contributed by atoms with Crippen LogP contribution in [0.15, 0.2) is 84.0 Å². The molecule has 1 atom stereocenters. The Kier molecular flexibility index (Phi) is 8.07. The van der Waals surface area contributed by atoms with Crippen LogP contribution in [0.1, 0.15) is 33.9 Å². The number of hydrogen-bond donors (Lipinski definition) is 0. The molecule has 1 aliphatic heterocycles. The quantitative estimate of drug-likeness (QED) is 0.449. The van der Waals surface area contributed by atoms with Crippen molar-refractivity contribution in [3.63, 3.8) is 0 Å². The van der Waals surface area contributed by atoms with E-state index in [0.29, 0.717) is 23.4 Å². The zero-order chi connectivity index (χ0) is 25.5. The Labute approximate surface area is 209 Å². The summed E-state index contributed by atoms with van der Waals surface area (Å²) in [4.78, 5) is 28.3. The van der Waals surface area contributed by atoms with Gasteiger partial charge in [0, 0.05) is 25.6 Å². The van der Waals surface area contributed by atoms with Crippen LogP contribution in [0.5, 0.6) is 5.75 Å². The first-order valence-corrected chi connectivity index (χ1v) is 11.6. The molecule has 0 saturated heterocycles. The summed E-state index contributed by atoms with van der Waals surface area (Å²) in [5, 5.41) is 6.07. The summed E-state index contributed by atoms with van der Waals surface area (Å²) in [6, 6.07) is 22.1. The molecule has 2 amide bonds. The maximum Gasteiger partial charge on any atom is 0.262 e. The standard InChI is InChI=1S/C28H28FN3O4/c1-35-17-16-31(28(34)22-10-14-24(36-2)15-11-22)19-27(33)32-26(21-6-4-3-5-7-21)18-25(30-32)20-8-12-23(29)13-9-20/h3-15,26H,16-19H2,1-2H3/t26-/m1/s1. The van der Waals surface area contributed by atoms with E-state index < -0.39 is 0 Å². The molecule has 3 aromatic carbocycles. The van der Waals surface area contributed by atoms with E-state index in [1.54, 1.807) is 50.6 Å². The highest BCUT2D eigenvalue weighted by molar-refractivity contribution is 6.03. The summed E-state index contributed by atoms with van der Waals surface area (Å²) in [7, 11) is 3.10. The number of hydrazone groups is 1. The number of rotatable bonds is 9. The van der Waals surface area contributed by atoms with Gasteiger partial charge in [0.1, 0.15) is 18.1 Å². The van der Waals surface area contributed by atoms with Crippen LogP contribution >= 0.6 is 0 Å². The summed E-state index contributed by atoms with van der Waals surface area (Å²) in [5.41, 5.74) is 2.80. The molecule has 0 unspecified atom stereocenters. The number of methoxy groups -OCH3 is 2. The zero-order valence-corrected chi connectivity index (χ0v) is 20.3. The van der Waals surface area contributed by atoms with Crippen LogP contribution in [0, 0.1) is 5.82 Å². The number of carbonyl (C=O) groups is 2. The third-order valence-corrected chi connectivity index (χ3v) is 6.04. The van der Waals surface area contributed by atoms with E-state index in [1.165, 1.54) is 22.0 Å². The molecule has 0 aliphatic carbocycles. The molecule has 0 saturated carbocycles. The average Bonchev–Trinajstić information content (AvgIpc) is 3.37. The Morgan fingerprint density at radius 3 is 2.33 bits per heavy atom. The average molecular weight is 490 g/mol. The van der Waals surface area contributed by atoms with E-state index in [0.717, 1.165) is 11.1 Å². The van der Waals surface area contributed by atoms with Gasteiger partial charge in [0.05, 0.1) is 25.5 Å². The summed E-state index contributed by atoms with van der Waals surface area (Å²) >= 11 is 0. The molecule has 0 radical (unpaired) electrons. The fourth-order valence-corrected chi connectivity index (χ4v) is 4.10. The van der Waals surface area contributed by atoms with Crippen LogP contribution in [-0.4, -0.2) is 61.4 Å². The predicted octanol–water partition coefficient (Wildman–Crippen LogP) is 4.30. The maximum atomic E-state index is 13.6. The highest BCUT2D eigenvalue weighted by atomic mass is 19.1. The summed E-state index contributed by atoms with van der Waals surface area (Å²) < 4.78 is 23.8. The van der Waals surface area contributed by atoms with Crippen molar-refractivity contribution in [1.82, 2.24) is 9.91 Å². The van der Waals surface area contributed by atoms with Crippen molar-refractivity contribution in [1.29, 1.82) is 0 Å². The van der Waals surface area contributed by atoms with Crippen molar-refractivity contribution in [2.45, 2.75) is 12.5 Å². The van der Waals surface area contributed by atoms with Crippen LogP contribution in [-0.2, 0) is 9.53 Å². The monoisotopic (exact) mass is 489 g/mol. The molecule has 3 aromatic rings. The molecule has 0 spiro atoms. The Balaban J connectivity index is 1.60. The second kappa shape index (κ2) is 11.6. The molecule has 0 bridgehead atoms. The molecule has 0 aromatic heterocycles. The lowest BCUT2D eigenvalue weighted by molar-refractivity contribution is -0.133. The van der Waals surface area contributed by atoms with E-state index in [1.807, 2.05) is 30.3 Å². The van der Waals surface area contributed by atoms with Crippen molar-refractivity contribution in [2.75, 3.05) is 33.9 Å². The van der Waals surface area contributed by atoms with Gasteiger partial charge in [0.2, 0.25) is 0 Å². The first-order chi connectivity index (χ1) is 17.5. The van der Waals surface area contributed by atoms with Crippen molar-refractivity contribution in [3.05, 3.63) is 101 Å². The lowest BCUT2D eigenvalue weighted by atomic mass is 9.98. The van der Waals surface area contributed by atoms with Gasteiger partial charge in [-0.3, -0.25) is 9.59 Å². The highest BCUT2D eigenvalue weighted by Gasteiger charge is 2.34. The molecule has 1 aliphatic rings. The number of nitrogens with zero attached hydrogens (tertiary/aromatic N) is 3. The minimum absolute atomic E-state index is 0.169. The van der Waals surface area contributed by atoms with Gasteiger partial charge in [0.25, 0.3) is 11.8 Å². The van der Waals surface area contributed by atoms with E-state index in [-0.39, 0.29) is 43.4 Å². The Bertz CT molecular complexity index is 1210. The molecule has 8 heteroatoms. The van der Waals surface area contributed by atoms with Crippen LogP contribution in [0.4, 0.5) is 4.39 Å². The van der Waals surface area contributed by atoms with Gasteiger partial charge >= 0.3 is 0 Å². The van der Waals surface area contributed by atoms with Gasteiger partial charge in [-0.05, 0) is 47.5 Å². The number of amides is 2.